The number of rotatable bonds is 5. The maximum Gasteiger partial charge on any atom is 0.256 e. The normalized spacial score (nSPS) is 22.9. The van der Waals surface area contributed by atoms with Gasteiger partial charge in [0.25, 0.3) is 5.91 Å². The third kappa shape index (κ3) is 5.01. The summed E-state index contributed by atoms with van der Waals surface area (Å²) in [5.41, 5.74) is 6.26. The highest BCUT2D eigenvalue weighted by Crippen LogP contribution is 2.36. The predicted molar refractivity (Wildman–Crippen MR) is 139 cm³/mol. The van der Waals surface area contributed by atoms with E-state index in [4.69, 9.17) is 4.74 Å². The van der Waals surface area contributed by atoms with Crippen LogP contribution < -0.4 is 9.80 Å². The van der Waals surface area contributed by atoms with Gasteiger partial charge in [-0.15, -0.1) is 0 Å². The summed E-state index contributed by atoms with van der Waals surface area (Å²) >= 11 is 0. The van der Waals surface area contributed by atoms with Crippen LogP contribution in [0.15, 0.2) is 42.5 Å². The molecule has 5 rings (SSSR count). The van der Waals surface area contributed by atoms with E-state index in [9.17, 15) is 4.79 Å². The standard InChI is InChI=1S/C29H39N3O2/c1-22-20-25(12-13-26(22)23-8-4-3-5-9-23)32-18-19-34-28(29(32)33)21-24-10-6-7-11-27(24)31-16-14-30(2)15-17-31/h6-7,10-13,20,23,28H,3-5,8-9,14-19,21H2,1-2H3. The zero-order chi connectivity index (χ0) is 23.5. The highest BCUT2D eigenvalue weighted by molar-refractivity contribution is 5.97. The molecule has 1 amide bonds. The number of nitrogens with zero attached hydrogens (tertiary/aromatic N) is 3. The van der Waals surface area contributed by atoms with E-state index >= 15 is 0 Å². The molecule has 0 aromatic heterocycles. The van der Waals surface area contributed by atoms with Crippen LogP contribution in [0.2, 0.25) is 0 Å². The summed E-state index contributed by atoms with van der Waals surface area (Å²) in [6, 6.07) is 15.2. The fraction of sp³-hybridized carbons (Fsp3) is 0.552. The molecule has 34 heavy (non-hydrogen) atoms. The molecule has 2 heterocycles. The van der Waals surface area contributed by atoms with Gasteiger partial charge in [-0.1, -0.05) is 43.5 Å². The van der Waals surface area contributed by atoms with Crippen LogP contribution in [0.5, 0.6) is 0 Å². The Balaban J connectivity index is 1.31. The second-order valence-corrected chi connectivity index (χ2v) is 10.3. The molecular weight excluding hydrogens is 422 g/mol. The van der Waals surface area contributed by atoms with E-state index in [1.165, 1.54) is 54.5 Å². The van der Waals surface area contributed by atoms with E-state index in [1.54, 1.807) is 0 Å². The Hall–Kier alpha value is -2.37. The Morgan fingerprint density at radius 3 is 2.47 bits per heavy atom. The molecular formula is C29H39N3O2. The Bertz CT molecular complexity index is 993. The fourth-order valence-corrected chi connectivity index (χ4v) is 5.98. The lowest BCUT2D eigenvalue weighted by Gasteiger charge is -2.36. The zero-order valence-electron chi connectivity index (χ0n) is 20.8. The van der Waals surface area contributed by atoms with Crippen molar-refractivity contribution in [1.29, 1.82) is 0 Å². The SMILES string of the molecule is Cc1cc(N2CCOC(Cc3ccccc3N3CCN(C)CC3)C2=O)ccc1C1CCCCC1. The van der Waals surface area contributed by atoms with Crippen LogP contribution in [0.4, 0.5) is 11.4 Å². The van der Waals surface area contributed by atoms with Gasteiger partial charge in [0.1, 0.15) is 6.10 Å². The smallest absolute Gasteiger partial charge is 0.256 e. The molecule has 3 fully saturated rings. The number of aryl methyl sites for hydroxylation is 1. The summed E-state index contributed by atoms with van der Waals surface area (Å²) in [6.45, 7) is 7.59. The third-order valence-electron chi connectivity index (χ3n) is 8.03. The van der Waals surface area contributed by atoms with Crippen LogP contribution in [-0.4, -0.2) is 63.3 Å². The molecule has 2 aromatic rings. The second-order valence-electron chi connectivity index (χ2n) is 10.3. The molecule has 3 aliphatic rings. The van der Waals surface area contributed by atoms with Crippen molar-refractivity contribution in [2.75, 3.05) is 56.2 Å². The molecule has 182 valence electrons. The average Bonchev–Trinajstić information content (AvgIpc) is 2.87. The predicted octanol–water partition coefficient (Wildman–Crippen LogP) is 4.77. The minimum atomic E-state index is -0.430. The molecule has 2 aromatic carbocycles. The Kier molecular flexibility index (Phi) is 7.21. The number of carbonyl (C=O) groups is 1. The first-order chi connectivity index (χ1) is 16.6. The summed E-state index contributed by atoms with van der Waals surface area (Å²) in [7, 11) is 2.18. The fourth-order valence-electron chi connectivity index (χ4n) is 5.98. The minimum absolute atomic E-state index is 0.0873. The number of anilines is 2. The molecule has 5 nitrogen and oxygen atoms in total. The van der Waals surface area contributed by atoms with Gasteiger partial charge < -0.3 is 19.4 Å². The molecule has 0 bridgehead atoms. The lowest BCUT2D eigenvalue weighted by molar-refractivity contribution is -0.133. The Labute approximate surface area is 204 Å². The second kappa shape index (κ2) is 10.5. The number of para-hydroxylation sites is 1. The molecule has 0 radical (unpaired) electrons. The molecule has 1 atom stereocenters. The average molecular weight is 462 g/mol. The molecule has 1 unspecified atom stereocenters. The van der Waals surface area contributed by atoms with Gasteiger partial charge in [-0.05, 0) is 67.6 Å². The van der Waals surface area contributed by atoms with Crippen LogP contribution >= 0.6 is 0 Å². The number of hydrogen-bond donors (Lipinski definition) is 0. The number of likely N-dealkylation sites (N-methyl/N-ethyl adjacent to an activating group) is 1. The largest absolute Gasteiger partial charge is 0.369 e. The van der Waals surface area contributed by atoms with E-state index in [1.807, 2.05) is 4.90 Å². The van der Waals surface area contributed by atoms with Crippen LogP contribution in [0, 0.1) is 6.92 Å². The summed E-state index contributed by atoms with van der Waals surface area (Å²) < 4.78 is 6.04. The van der Waals surface area contributed by atoms with Crippen LogP contribution in [0.3, 0.4) is 0 Å². The quantitative estimate of drug-likeness (QED) is 0.643. The molecule has 1 saturated carbocycles. The molecule has 2 aliphatic heterocycles. The van der Waals surface area contributed by atoms with E-state index < -0.39 is 6.10 Å². The topological polar surface area (TPSA) is 36.0 Å². The zero-order valence-corrected chi connectivity index (χ0v) is 20.8. The monoisotopic (exact) mass is 461 g/mol. The van der Waals surface area contributed by atoms with Crippen LogP contribution in [0.25, 0.3) is 0 Å². The first-order valence-electron chi connectivity index (χ1n) is 13.1. The van der Waals surface area contributed by atoms with Gasteiger partial charge in [0, 0.05) is 50.5 Å². The summed E-state index contributed by atoms with van der Waals surface area (Å²) in [5.74, 6) is 0.770. The van der Waals surface area contributed by atoms with E-state index in [2.05, 4.69) is 66.2 Å². The first-order valence-corrected chi connectivity index (χ1v) is 13.1. The van der Waals surface area contributed by atoms with Gasteiger partial charge in [-0.2, -0.15) is 0 Å². The summed E-state index contributed by atoms with van der Waals surface area (Å²) in [5, 5.41) is 0. The molecule has 2 saturated heterocycles. The number of carbonyl (C=O) groups excluding carboxylic acids is 1. The molecule has 0 spiro atoms. The third-order valence-corrected chi connectivity index (χ3v) is 8.03. The lowest BCUT2D eigenvalue weighted by Crippen LogP contribution is -2.49. The maximum atomic E-state index is 13.5. The van der Waals surface area contributed by atoms with Gasteiger partial charge in [-0.3, -0.25) is 4.79 Å². The number of morpholine rings is 1. The molecule has 0 N–H and O–H groups in total. The highest BCUT2D eigenvalue weighted by Gasteiger charge is 2.32. The lowest BCUT2D eigenvalue weighted by atomic mass is 9.82. The first kappa shape index (κ1) is 23.4. The highest BCUT2D eigenvalue weighted by atomic mass is 16.5. The van der Waals surface area contributed by atoms with Crippen molar-refractivity contribution in [3.8, 4) is 0 Å². The Morgan fingerprint density at radius 1 is 0.941 bits per heavy atom. The van der Waals surface area contributed by atoms with Crippen LogP contribution in [-0.2, 0) is 16.0 Å². The number of hydrogen-bond acceptors (Lipinski definition) is 4. The van der Waals surface area contributed by atoms with E-state index in [0.717, 1.165) is 31.9 Å². The summed E-state index contributed by atoms with van der Waals surface area (Å²) in [6.07, 6.45) is 6.83. The van der Waals surface area contributed by atoms with Crippen LogP contribution in [0.1, 0.15) is 54.7 Å². The number of piperazine rings is 1. The van der Waals surface area contributed by atoms with Gasteiger partial charge in [-0.25, -0.2) is 0 Å². The minimum Gasteiger partial charge on any atom is -0.369 e. The van der Waals surface area contributed by atoms with Crippen molar-refractivity contribution >= 4 is 17.3 Å². The van der Waals surface area contributed by atoms with Crippen molar-refractivity contribution in [1.82, 2.24) is 4.90 Å². The van der Waals surface area contributed by atoms with Gasteiger partial charge >= 0.3 is 0 Å². The van der Waals surface area contributed by atoms with E-state index in [0.29, 0.717) is 25.5 Å². The van der Waals surface area contributed by atoms with E-state index in [-0.39, 0.29) is 5.91 Å². The van der Waals surface area contributed by atoms with Crippen molar-refractivity contribution in [2.24, 2.45) is 0 Å². The van der Waals surface area contributed by atoms with Crippen molar-refractivity contribution < 1.29 is 9.53 Å². The molecule has 1 aliphatic carbocycles. The maximum absolute atomic E-state index is 13.5. The van der Waals surface area contributed by atoms with Gasteiger partial charge in [0.05, 0.1) is 6.61 Å². The van der Waals surface area contributed by atoms with Gasteiger partial charge in [0.2, 0.25) is 0 Å². The number of amides is 1. The van der Waals surface area contributed by atoms with Crippen molar-refractivity contribution in [3.05, 3.63) is 59.2 Å². The van der Waals surface area contributed by atoms with Crippen molar-refractivity contribution in [2.45, 2.75) is 57.5 Å². The van der Waals surface area contributed by atoms with Crippen molar-refractivity contribution in [3.63, 3.8) is 0 Å². The Morgan fingerprint density at radius 2 is 1.71 bits per heavy atom. The van der Waals surface area contributed by atoms with Gasteiger partial charge in [0.15, 0.2) is 0 Å². The molecule has 5 heteroatoms. The summed E-state index contributed by atoms with van der Waals surface area (Å²) in [4.78, 5) is 20.3. The number of benzene rings is 2. The number of ether oxygens (including phenoxy) is 1.